The number of carbonyl (C=O) groups is 3. The molecule has 0 atom stereocenters. The second-order valence-corrected chi connectivity index (χ2v) is 11.4. The van der Waals surface area contributed by atoms with Gasteiger partial charge in [0.05, 0.1) is 12.8 Å². The van der Waals surface area contributed by atoms with Gasteiger partial charge in [0.25, 0.3) is 11.8 Å². The van der Waals surface area contributed by atoms with Crippen LogP contribution in [-0.4, -0.2) is 17.8 Å². The Morgan fingerprint density at radius 1 is 0.892 bits per heavy atom. The molecule has 0 radical (unpaired) electrons. The van der Waals surface area contributed by atoms with E-state index in [1.54, 1.807) is 24.3 Å². The largest absolute Gasteiger partial charge is 0.487 e. The van der Waals surface area contributed by atoms with Gasteiger partial charge in [-0.05, 0) is 110 Å². The Bertz CT molecular complexity index is 1570. The highest BCUT2D eigenvalue weighted by atomic mass is 127. The molecule has 4 aromatic rings. The zero-order valence-corrected chi connectivity index (χ0v) is 24.9. The highest BCUT2D eigenvalue weighted by molar-refractivity contribution is 14.1. The van der Waals surface area contributed by atoms with Crippen LogP contribution in [0.2, 0.25) is 0 Å². The molecular weight excluding hydrogens is 762 g/mol. The lowest BCUT2D eigenvalue weighted by molar-refractivity contribution is -0.122. The highest BCUT2D eigenvalue weighted by Crippen LogP contribution is 2.32. The Morgan fingerprint density at radius 2 is 1.57 bits per heavy atom. The van der Waals surface area contributed by atoms with Crippen LogP contribution in [0.3, 0.4) is 0 Å². The smallest absolute Gasteiger partial charge is 0.335 e. The number of benzene rings is 4. The fourth-order valence-electron chi connectivity index (χ4n) is 4.02. The Morgan fingerprint density at radius 3 is 2.30 bits per heavy atom. The maximum absolute atomic E-state index is 13.2. The molecule has 1 N–H and O–H groups in total. The summed E-state index contributed by atoms with van der Waals surface area (Å²) in [5, 5.41) is 4.55. The highest BCUT2D eigenvalue weighted by Gasteiger charge is 2.36. The lowest BCUT2D eigenvalue weighted by atomic mass is 10.1. The molecule has 1 fully saturated rings. The number of urea groups is 1. The minimum absolute atomic E-state index is 0.126. The maximum atomic E-state index is 13.2. The number of nitrogens with zero attached hydrogens (tertiary/aromatic N) is 1. The predicted molar refractivity (Wildman–Crippen MR) is 163 cm³/mol. The molecule has 37 heavy (non-hydrogen) atoms. The topological polar surface area (TPSA) is 75.7 Å². The first-order chi connectivity index (χ1) is 17.8. The molecule has 0 spiro atoms. The molecule has 0 bridgehead atoms. The van der Waals surface area contributed by atoms with E-state index >= 15 is 0 Å². The lowest BCUT2D eigenvalue weighted by Crippen LogP contribution is -2.54. The lowest BCUT2D eigenvalue weighted by Gasteiger charge is -2.26. The number of nitrogens with one attached hydrogen (secondary N) is 1. The fourth-order valence-corrected chi connectivity index (χ4v) is 6.41. The molecule has 1 saturated heterocycles. The van der Waals surface area contributed by atoms with Crippen LogP contribution in [-0.2, 0) is 16.2 Å². The van der Waals surface area contributed by atoms with Crippen LogP contribution in [0.4, 0.5) is 10.5 Å². The number of hydrogen-bond donors (Lipinski definition) is 1. The minimum Gasteiger partial charge on any atom is -0.487 e. The summed E-state index contributed by atoms with van der Waals surface area (Å²) < 4.78 is 8.68. The number of barbiturate groups is 1. The van der Waals surface area contributed by atoms with E-state index in [1.807, 2.05) is 36.4 Å². The summed E-state index contributed by atoms with van der Waals surface area (Å²) in [6.45, 7) is 0.402. The van der Waals surface area contributed by atoms with E-state index in [1.165, 1.54) is 6.08 Å². The third kappa shape index (κ3) is 5.43. The second kappa shape index (κ2) is 10.9. The summed E-state index contributed by atoms with van der Waals surface area (Å²) in [4.78, 5) is 39.1. The summed E-state index contributed by atoms with van der Waals surface area (Å²) in [6.07, 6.45) is 1.49. The van der Waals surface area contributed by atoms with E-state index in [-0.39, 0.29) is 5.57 Å². The van der Waals surface area contributed by atoms with Crippen molar-refractivity contribution in [2.75, 3.05) is 4.90 Å². The maximum Gasteiger partial charge on any atom is 0.335 e. The SMILES string of the molecule is O=C1NC(=O)N(c2ccc(Br)cc2)C(=O)/C1=C/c1cc(I)c(OCc2cccc3ccccc23)c(I)c1. The Balaban J connectivity index is 1.41. The van der Waals surface area contributed by atoms with E-state index in [0.29, 0.717) is 17.9 Å². The van der Waals surface area contributed by atoms with Crippen LogP contribution in [0, 0.1) is 7.14 Å². The molecule has 4 aromatic carbocycles. The minimum atomic E-state index is -0.782. The number of imide groups is 2. The third-order valence-corrected chi connectivity index (χ3v) is 7.90. The van der Waals surface area contributed by atoms with Gasteiger partial charge < -0.3 is 4.74 Å². The Labute approximate surface area is 248 Å². The van der Waals surface area contributed by atoms with E-state index in [2.05, 4.69) is 84.6 Å². The van der Waals surface area contributed by atoms with E-state index < -0.39 is 17.8 Å². The molecule has 5 rings (SSSR count). The van der Waals surface area contributed by atoms with Crippen LogP contribution < -0.4 is 15.0 Å². The molecule has 0 unspecified atom stereocenters. The molecule has 1 aliphatic rings. The molecule has 0 aromatic heterocycles. The fraction of sp³-hybridized carbons (Fsp3) is 0.0357. The number of carbonyl (C=O) groups excluding carboxylic acids is 3. The van der Waals surface area contributed by atoms with Gasteiger partial charge in [0.15, 0.2) is 0 Å². The number of hydrogen-bond acceptors (Lipinski definition) is 4. The van der Waals surface area contributed by atoms with Gasteiger partial charge in [-0.1, -0.05) is 58.4 Å². The normalized spacial score (nSPS) is 14.8. The van der Waals surface area contributed by atoms with Crippen molar-refractivity contribution in [3.05, 3.63) is 107 Å². The van der Waals surface area contributed by atoms with Crippen molar-refractivity contribution < 1.29 is 19.1 Å². The van der Waals surface area contributed by atoms with E-state index in [0.717, 1.165) is 38.6 Å². The molecule has 0 saturated carbocycles. The van der Waals surface area contributed by atoms with Gasteiger partial charge in [0.1, 0.15) is 17.9 Å². The summed E-state index contributed by atoms with van der Waals surface area (Å²) >= 11 is 7.71. The number of fused-ring (bicyclic) bond motifs is 1. The van der Waals surface area contributed by atoms with Crippen molar-refractivity contribution in [3.8, 4) is 5.75 Å². The van der Waals surface area contributed by atoms with Gasteiger partial charge >= 0.3 is 6.03 Å². The van der Waals surface area contributed by atoms with Gasteiger partial charge in [0, 0.05) is 4.47 Å². The molecule has 0 aliphatic carbocycles. The third-order valence-electron chi connectivity index (χ3n) is 5.77. The number of amides is 4. The van der Waals surface area contributed by atoms with Crippen LogP contribution >= 0.6 is 61.1 Å². The van der Waals surface area contributed by atoms with Crippen molar-refractivity contribution >= 4 is 101 Å². The van der Waals surface area contributed by atoms with Crippen LogP contribution in [0.1, 0.15) is 11.1 Å². The molecule has 1 aliphatic heterocycles. The standard InChI is InChI=1S/C28H17BrI2N2O4/c29-19-8-10-20(11-9-19)33-27(35)22(26(34)32-28(33)36)12-16-13-23(30)25(24(31)14-16)37-15-18-6-3-5-17-4-1-2-7-21(17)18/h1-14H,15H2,(H,32,34,36)/b22-12+. The zero-order chi connectivity index (χ0) is 26.1. The number of halogens is 3. The monoisotopic (exact) mass is 778 g/mol. The van der Waals surface area contributed by atoms with Crippen molar-refractivity contribution in [1.29, 1.82) is 0 Å². The first kappa shape index (κ1) is 25.9. The average molecular weight is 779 g/mol. The quantitative estimate of drug-likeness (QED) is 0.134. The summed E-state index contributed by atoms with van der Waals surface area (Å²) in [5.74, 6) is -0.690. The molecule has 184 valence electrons. The van der Waals surface area contributed by atoms with Crippen LogP contribution in [0.5, 0.6) is 5.75 Å². The molecule has 6 nitrogen and oxygen atoms in total. The van der Waals surface area contributed by atoms with Gasteiger partial charge in [-0.3, -0.25) is 14.9 Å². The summed E-state index contributed by atoms with van der Waals surface area (Å²) in [6, 6.07) is 23.9. The first-order valence-corrected chi connectivity index (χ1v) is 14.0. The summed E-state index contributed by atoms with van der Waals surface area (Å²) in [5.41, 5.74) is 1.97. The van der Waals surface area contributed by atoms with Crippen molar-refractivity contribution in [3.63, 3.8) is 0 Å². The Kier molecular flexibility index (Phi) is 7.63. The molecule has 4 amide bonds. The van der Waals surface area contributed by atoms with Crippen LogP contribution in [0.15, 0.2) is 88.9 Å². The molecule has 9 heteroatoms. The average Bonchev–Trinajstić information content (AvgIpc) is 2.87. The number of rotatable bonds is 5. The van der Waals surface area contributed by atoms with Gasteiger partial charge in [0.2, 0.25) is 0 Å². The van der Waals surface area contributed by atoms with Crippen molar-refractivity contribution in [2.24, 2.45) is 0 Å². The molecule has 1 heterocycles. The molecular formula is C28H17BrI2N2O4. The van der Waals surface area contributed by atoms with Gasteiger partial charge in [-0.15, -0.1) is 0 Å². The number of anilines is 1. The summed E-state index contributed by atoms with van der Waals surface area (Å²) in [7, 11) is 0. The van der Waals surface area contributed by atoms with Gasteiger partial charge in [-0.2, -0.15) is 0 Å². The first-order valence-electron chi connectivity index (χ1n) is 11.1. The van der Waals surface area contributed by atoms with Crippen molar-refractivity contribution in [1.82, 2.24) is 5.32 Å². The van der Waals surface area contributed by atoms with Gasteiger partial charge in [-0.25, -0.2) is 9.69 Å². The zero-order valence-electron chi connectivity index (χ0n) is 19.0. The second-order valence-electron chi connectivity index (χ2n) is 8.17. The Hall–Kier alpha value is -2.77. The number of ether oxygens (including phenoxy) is 1. The van der Waals surface area contributed by atoms with Crippen molar-refractivity contribution in [2.45, 2.75) is 6.61 Å². The predicted octanol–water partition coefficient (Wildman–Crippen LogP) is 7.06. The van der Waals surface area contributed by atoms with E-state index in [4.69, 9.17) is 4.74 Å². The van der Waals surface area contributed by atoms with Crippen LogP contribution in [0.25, 0.3) is 16.8 Å². The van der Waals surface area contributed by atoms with E-state index in [9.17, 15) is 14.4 Å².